The number of aryl methyl sites for hydroxylation is 1. The zero-order valence-electron chi connectivity index (χ0n) is 9.24. The molecule has 0 bridgehead atoms. The van der Waals surface area contributed by atoms with Crippen LogP contribution in [0.5, 0.6) is 0 Å². The number of hydrazine groups is 1. The van der Waals surface area contributed by atoms with Crippen molar-refractivity contribution in [3.63, 3.8) is 0 Å². The molecule has 0 radical (unpaired) electrons. The number of nitrogens with zero attached hydrogens (tertiary/aromatic N) is 2. The Bertz CT molecular complexity index is 529. The van der Waals surface area contributed by atoms with Crippen molar-refractivity contribution in [3.05, 3.63) is 40.6 Å². The van der Waals surface area contributed by atoms with E-state index in [2.05, 4.69) is 36.6 Å². The van der Waals surface area contributed by atoms with Gasteiger partial charge in [-0.1, -0.05) is 6.07 Å². The lowest BCUT2D eigenvalue weighted by molar-refractivity contribution is 1.16. The number of hydrogen-bond acceptors (Lipinski definition) is 5. The van der Waals surface area contributed by atoms with E-state index in [-0.39, 0.29) is 0 Å². The Morgan fingerprint density at radius 1 is 1.24 bits per heavy atom. The van der Waals surface area contributed by atoms with E-state index >= 15 is 0 Å². The molecule has 0 amide bonds. The van der Waals surface area contributed by atoms with E-state index < -0.39 is 0 Å². The first-order chi connectivity index (χ1) is 8.19. The Hall–Kier alpha value is -1.66. The maximum atomic E-state index is 5.28. The lowest BCUT2D eigenvalue weighted by Gasteiger charge is -2.09. The van der Waals surface area contributed by atoms with Gasteiger partial charge in [-0.05, 0) is 40.5 Å². The number of hydrogen-bond donors (Lipinski definition) is 3. The molecule has 2 rings (SSSR count). The Balaban J connectivity index is 2.27. The minimum atomic E-state index is 0.513. The van der Waals surface area contributed by atoms with Gasteiger partial charge >= 0.3 is 0 Å². The van der Waals surface area contributed by atoms with Crippen LogP contribution in [0.25, 0.3) is 0 Å². The number of nitrogens with two attached hydrogens (primary N) is 1. The van der Waals surface area contributed by atoms with Crippen LogP contribution in [0.1, 0.15) is 5.56 Å². The summed E-state index contributed by atoms with van der Waals surface area (Å²) in [7, 11) is 0. The molecule has 0 aliphatic heterocycles. The molecule has 4 N–H and O–H groups in total. The molecule has 17 heavy (non-hydrogen) atoms. The number of nitrogens with one attached hydrogen (secondary N) is 2. The molecule has 5 nitrogen and oxygen atoms in total. The average molecular weight is 294 g/mol. The second kappa shape index (κ2) is 5.11. The van der Waals surface area contributed by atoms with Crippen molar-refractivity contribution in [2.24, 2.45) is 5.84 Å². The highest BCUT2D eigenvalue weighted by Gasteiger charge is 2.02. The lowest BCUT2D eigenvalue weighted by Crippen LogP contribution is -2.09. The topological polar surface area (TPSA) is 75.9 Å². The van der Waals surface area contributed by atoms with Crippen LogP contribution in [0.3, 0.4) is 0 Å². The van der Waals surface area contributed by atoms with Gasteiger partial charge in [-0.2, -0.15) is 0 Å². The van der Waals surface area contributed by atoms with Crippen LogP contribution in [0.4, 0.5) is 17.3 Å². The van der Waals surface area contributed by atoms with E-state index in [0.29, 0.717) is 11.6 Å². The van der Waals surface area contributed by atoms with Gasteiger partial charge < -0.3 is 10.7 Å². The molecule has 0 spiro atoms. The number of benzene rings is 1. The standard InChI is InChI=1S/C11H12BrN5/c1-7-2-3-8(12)9(4-7)15-10-5-14-6-11(16-10)17-13/h2-6H,13H2,1H3,(H2,15,16,17). The van der Waals surface area contributed by atoms with Crippen LogP contribution in [0.15, 0.2) is 35.1 Å². The van der Waals surface area contributed by atoms with Crippen LogP contribution in [0.2, 0.25) is 0 Å². The van der Waals surface area contributed by atoms with Crippen LogP contribution in [0, 0.1) is 6.92 Å². The molecule has 6 heteroatoms. The van der Waals surface area contributed by atoms with Gasteiger partial charge in [0.05, 0.1) is 18.1 Å². The van der Waals surface area contributed by atoms with E-state index in [4.69, 9.17) is 5.84 Å². The van der Waals surface area contributed by atoms with Crippen molar-refractivity contribution in [3.8, 4) is 0 Å². The molecule has 0 saturated carbocycles. The van der Waals surface area contributed by atoms with Crippen molar-refractivity contribution >= 4 is 33.3 Å². The number of aromatic nitrogens is 2. The summed E-state index contributed by atoms with van der Waals surface area (Å²) in [6.45, 7) is 2.03. The van der Waals surface area contributed by atoms with Crippen LogP contribution < -0.4 is 16.6 Å². The molecule has 88 valence electrons. The molecule has 1 aromatic carbocycles. The molecule has 0 aliphatic rings. The normalized spacial score (nSPS) is 10.1. The lowest BCUT2D eigenvalue weighted by atomic mass is 10.2. The fourth-order valence-corrected chi connectivity index (χ4v) is 1.71. The highest BCUT2D eigenvalue weighted by atomic mass is 79.9. The van der Waals surface area contributed by atoms with Gasteiger partial charge in [0.1, 0.15) is 0 Å². The molecular weight excluding hydrogens is 282 g/mol. The van der Waals surface area contributed by atoms with E-state index in [1.165, 1.54) is 0 Å². The summed E-state index contributed by atoms with van der Waals surface area (Å²) in [5, 5.41) is 3.17. The maximum absolute atomic E-state index is 5.28. The molecule has 0 fully saturated rings. The Labute approximate surface area is 108 Å². The van der Waals surface area contributed by atoms with Gasteiger partial charge in [0.15, 0.2) is 11.6 Å². The zero-order chi connectivity index (χ0) is 12.3. The molecule has 1 aromatic heterocycles. The van der Waals surface area contributed by atoms with Crippen molar-refractivity contribution in [2.75, 3.05) is 10.7 Å². The largest absolute Gasteiger partial charge is 0.338 e. The summed E-state index contributed by atoms with van der Waals surface area (Å²) in [6.07, 6.45) is 3.19. The van der Waals surface area contributed by atoms with Gasteiger partial charge in [-0.25, -0.2) is 10.8 Å². The third kappa shape index (κ3) is 2.92. The maximum Gasteiger partial charge on any atom is 0.160 e. The average Bonchev–Trinajstić information content (AvgIpc) is 2.34. The van der Waals surface area contributed by atoms with Gasteiger partial charge in [-0.3, -0.25) is 4.98 Å². The summed E-state index contributed by atoms with van der Waals surface area (Å²) in [6, 6.07) is 6.03. The van der Waals surface area contributed by atoms with E-state index in [9.17, 15) is 0 Å². The number of rotatable bonds is 3. The number of anilines is 3. The summed E-state index contributed by atoms with van der Waals surface area (Å²) < 4.78 is 0.969. The van der Waals surface area contributed by atoms with E-state index in [1.807, 2.05) is 25.1 Å². The van der Waals surface area contributed by atoms with Crippen molar-refractivity contribution in [1.29, 1.82) is 0 Å². The highest BCUT2D eigenvalue weighted by Crippen LogP contribution is 2.26. The fraction of sp³-hybridized carbons (Fsp3) is 0.0909. The predicted octanol–water partition coefficient (Wildman–Crippen LogP) is 2.58. The second-order valence-electron chi connectivity index (χ2n) is 3.54. The zero-order valence-corrected chi connectivity index (χ0v) is 10.8. The third-order valence-corrected chi connectivity index (χ3v) is 2.86. The molecular formula is C11H12BrN5. The van der Waals surface area contributed by atoms with Crippen molar-refractivity contribution < 1.29 is 0 Å². The predicted molar refractivity (Wildman–Crippen MR) is 72.0 cm³/mol. The Morgan fingerprint density at radius 2 is 2.00 bits per heavy atom. The SMILES string of the molecule is Cc1ccc(Br)c(Nc2cncc(NN)n2)c1. The van der Waals surface area contributed by atoms with Crippen LogP contribution >= 0.6 is 15.9 Å². The van der Waals surface area contributed by atoms with Gasteiger partial charge in [0.2, 0.25) is 0 Å². The second-order valence-corrected chi connectivity index (χ2v) is 4.40. The first-order valence-corrected chi connectivity index (χ1v) is 5.80. The smallest absolute Gasteiger partial charge is 0.160 e. The monoisotopic (exact) mass is 293 g/mol. The molecule has 0 unspecified atom stereocenters. The van der Waals surface area contributed by atoms with Crippen LogP contribution in [-0.2, 0) is 0 Å². The third-order valence-electron chi connectivity index (χ3n) is 2.17. The van der Waals surface area contributed by atoms with Gasteiger partial charge in [0, 0.05) is 4.47 Å². The fourth-order valence-electron chi connectivity index (χ4n) is 1.37. The summed E-state index contributed by atoms with van der Waals surface area (Å²) in [5.74, 6) is 6.42. The molecule has 2 aromatic rings. The summed E-state index contributed by atoms with van der Waals surface area (Å²) >= 11 is 3.47. The molecule has 0 atom stereocenters. The minimum absolute atomic E-state index is 0.513. The number of nitrogen functional groups attached to an aromatic ring is 1. The van der Waals surface area contributed by atoms with E-state index in [1.54, 1.807) is 12.4 Å². The summed E-state index contributed by atoms with van der Waals surface area (Å²) in [4.78, 5) is 8.25. The number of halogens is 1. The van der Waals surface area contributed by atoms with Gasteiger partial charge in [-0.15, -0.1) is 0 Å². The quantitative estimate of drug-likeness (QED) is 0.599. The van der Waals surface area contributed by atoms with E-state index in [0.717, 1.165) is 15.7 Å². The minimum Gasteiger partial charge on any atom is -0.338 e. The summed E-state index contributed by atoms with van der Waals surface area (Å²) in [5.41, 5.74) is 4.56. The Morgan fingerprint density at radius 3 is 2.76 bits per heavy atom. The Kier molecular flexibility index (Phi) is 3.55. The highest BCUT2D eigenvalue weighted by molar-refractivity contribution is 9.10. The first-order valence-electron chi connectivity index (χ1n) is 5.01. The molecule has 0 saturated heterocycles. The molecule has 1 heterocycles. The molecule has 0 aliphatic carbocycles. The van der Waals surface area contributed by atoms with Crippen LogP contribution in [-0.4, -0.2) is 9.97 Å². The van der Waals surface area contributed by atoms with Crippen molar-refractivity contribution in [2.45, 2.75) is 6.92 Å². The van der Waals surface area contributed by atoms with Crippen molar-refractivity contribution in [1.82, 2.24) is 9.97 Å². The van der Waals surface area contributed by atoms with Gasteiger partial charge in [0.25, 0.3) is 0 Å². The first kappa shape index (κ1) is 11.8.